The van der Waals surface area contributed by atoms with Gasteiger partial charge in [0.25, 0.3) is 0 Å². The fourth-order valence-electron chi connectivity index (χ4n) is 4.74. The van der Waals surface area contributed by atoms with Gasteiger partial charge in [-0.1, -0.05) is 18.2 Å². The molecule has 2 aromatic rings. The second kappa shape index (κ2) is 8.72. The molecule has 0 spiro atoms. The number of ether oxygens (including phenoxy) is 1. The van der Waals surface area contributed by atoms with Crippen LogP contribution in [0.25, 0.3) is 0 Å². The number of hydrogen-bond donors (Lipinski definition) is 2. The quantitative estimate of drug-likeness (QED) is 0.782. The predicted octanol–water partition coefficient (Wildman–Crippen LogP) is 0.0426. The Balaban J connectivity index is 1.26. The highest BCUT2D eigenvalue weighted by atomic mass is 16.5. The molecule has 0 amide bonds. The van der Waals surface area contributed by atoms with Crippen LogP contribution in [0, 0.1) is 0 Å². The maximum Gasteiger partial charge on any atom is 0.142 e. The van der Waals surface area contributed by atoms with E-state index in [1.165, 1.54) is 50.3 Å². The Morgan fingerprint density at radius 3 is 2.52 bits per heavy atom. The molecule has 2 fully saturated rings. The van der Waals surface area contributed by atoms with Gasteiger partial charge in [0, 0.05) is 30.8 Å². The van der Waals surface area contributed by atoms with E-state index in [1.807, 2.05) is 29.4 Å². The normalized spacial score (nSPS) is 24.0. The van der Waals surface area contributed by atoms with Gasteiger partial charge in [0.15, 0.2) is 0 Å². The summed E-state index contributed by atoms with van der Waals surface area (Å²) in [6, 6.07) is 13.5. The van der Waals surface area contributed by atoms with E-state index < -0.39 is 0 Å². The first kappa shape index (κ1) is 18.3. The number of pyridine rings is 1. The highest BCUT2D eigenvalue weighted by Crippen LogP contribution is 2.27. The number of para-hydroxylation sites is 2. The van der Waals surface area contributed by atoms with Crippen molar-refractivity contribution < 1.29 is 14.5 Å². The average molecular weight is 369 g/mol. The summed E-state index contributed by atoms with van der Waals surface area (Å²) >= 11 is 0. The van der Waals surface area contributed by atoms with Gasteiger partial charge in [-0.3, -0.25) is 4.98 Å². The fraction of sp³-hybridized carbons (Fsp3) is 0.500. The van der Waals surface area contributed by atoms with Crippen LogP contribution in [0.4, 0.5) is 5.69 Å². The minimum Gasteiger partial charge on any atom is -0.495 e. The van der Waals surface area contributed by atoms with E-state index >= 15 is 0 Å². The molecule has 3 heterocycles. The summed E-state index contributed by atoms with van der Waals surface area (Å²) < 4.78 is 5.55. The van der Waals surface area contributed by atoms with Crippen molar-refractivity contribution in [3.8, 4) is 5.75 Å². The number of piperidine rings is 1. The first-order valence-corrected chi connectivity index (χ1v) is 10.3. The molecule has 0 unspecified atom stereocenters. The summed E-state index contributed by atoms with van der Waals surface area (Å²) in [4.78, 5) is 10.3. The Morgan fingerprint density at radius 1 is 1.04 bits per heavy atom. The number of anilines is 1. The molecule has 2 saturated heterocycles. The topological polar surface area (TPSA) is 34.2 Å². The number of aromatic nitrogens is 1. The van der Waals surface area contributed by atoms with Gasteiger partial charge >= 0.3 is 0 Å². The number of likely N-dealkylation sites (tertiary alicyclic amines) is 1. The third-order valence-corrected chi connectivity index (χ3v) is 6.28. The molecule has 144 valence electrons. The van der Waals surface area contributed by atoms with Crippen LogP contribution in [0.1, 0.15) is 18.4 Å². The summed E-state index contributed by atoms with van der Waals surface area (Å²) in [5, 5.41) is 0. The minimum atomic E-state index is 0.836. The third kappa shape index (κ3) is 4.42. The zero-order chi connectivity index (χ0) is 18.5. The largest absolute Gasteiger partial charge is 0.495 e. The monoisotopic (exact) mass is 368 g/mol. The highest BCUT2D eigenvalue weighted by molar-refractivity contribution is 5.58. The second-order valence-electron chi connectivity index (χ2n) is 7.88. The lowest BCUT2D eigenvalue weighted by Gasteiger charge is -2.40. The SMILES string of the molecule is COc1ccccc1N1CC[NH+](C2CC[NH+](Cc3cccnc3)CC2)CC1. The van der Waals surface area contributed by atoms with Crippen LogP contribution < -0.4 is 19.4 Å². The molecule has 5 nitrogen and oxygen atoms in total. The molecule has 1 aromatic carbocycles. The maximum atomic E-state index is 5.55. The van der Waals surface area contributed by atoms with Gasteiger partial charge in [-0.2, -0.15) is 0 Å². The number of nitrogens with one attached hydrogen (secondary N) is 2. The van der Waals surface area contributed by atoms with Gasteiger partial charge in [0.2, 0.25) is 0 Å². The van der Waals surface area contributed by atoms with Gasteiger partial charge < -0.3 is 19.4 Å². The number of nitrogens with zero attached hydrogens (tertiary/aromatic N) is 2. The van der Waals surface area contributed by atoms with Gasteiger partial charge in [0.1, 0.15) is 12.3 Å². The first-order valence-electron chi connectivity index (χ1n) is 10.3. The van der Waals surface area contributed by atoms with Crippen LogP contribution in [0.3, 0.4) is 0 Å². The van der Waals surface area contributed by atoms with Crippen LogP contribution >= 0.6 is 0 Å². The van der Waals surface area contributed by atoms with E-state index in [-0.39, 0.29) is 0 Å². The molecule has 0 radical (unpaired) electrons. The van der Waals surface area contributed by atoms with Crippen LogP contribution in [0.15, 0.2) is 48.8 Å². The molecule has 2 aliphatic rings. The Hall–Kier alpha value is -2.11. The molecule has 0 aliphatic carbocycles. The lowest BCUT2D eigenvalue weighted by molar-refractivity contribution is -0.963. The van der Waals surface area contributed by atoms with E-state index in [0.29, 0.717) is 0 Å². The summed E-state index contributed by atoms with van der Waals surface area (Å²) in [6.45, 7) is 8.42. The van der Waals surface area contributed by atoms with E-state index in [4.69, 9.17) is 4.74 Å². The average Bonchev–Trinajstić information content (AvgIpc) is 2.75. The van der Waals surface area contributed by atoms with Crippen molar-refractivity contribution in [1.82, 2.24) is 4.98 Å². The highest BCUT2D eigenvalue weighted by Gasteiger charge is 2.32. The molecular formula is C22H32N4O+2. The number of rotatable bonds is 5. The van der Waals surface area contributed by atoms with E-state index in [1.54, 1.807) is 12.0 Å². The summed E-state index contributed by atoms with van der Waals surface area (Å²) in [5.74, 6) is 0.994. The first-order chi connectivity index (χ1) is 13.3. The second-order valence-corrected chi connectivity index (χ2v) is 7.88. The Bertz CT molecular complexity index is 707. The van der Waals surface area contributed by atoms with Crippen LogP contribution in [0.5, 0.6) is 5.75 Å². The van der Waals surface area contributed by atoms with Crippen LogP contribution in [0.2, 0.25) is 0 Å². The molecule has 0 bridgehead atoms. The van der Waals surface area contributed by atoms with E-state index in [0.717, 1.165) is 31.4 Å². The minimum absolute atomic E-state index is 0.836. The standard InChI is InChI=1S/C22H30N4O/c1-27-22-7-3-2-6-21(22)26-15-13-25(14-16-26)20-8-11-24(12-9-20)18-19-5-4-10-23-17-19/h2-7,10,17,20H,8-9,11-16,18H2,1H3/p+2. The van der Waals surface area contributed by atoms with Gasteiger partial charge in [-0.25, -0.2) is 0 Å². The van der Waals surface area contributed by atoms with Gasteiger partial charge in [-0.05, 0) is 18.2 Å². The Morgan fingerprint density at radius 2 is 1.81 bits per heavy atom. The van der Waals surface area contributed by atoms with Crippen molar-refractivity contribution in [2.24, 2.45) is 0 Å². The molecular weight excluding hydrogens is 336 g/mol. The van der Waals surface area contributed by atoms with Crippen LogP contribution in [-0.2, 0) is 6.54 Å². The summed E-state index contributed by atoms with van der Waals surface area (Å²) in [6.07, 6.45) is 6.57. The van der Waals surface area contributed by atoms with Crippen molar-refractivity contribution >= 4 is 5.69 Å². The molecule has 5 heteroatoms. The molecule has 4 rings (SSSR count). The van der Waals surface area contributed by atoms with Crippen molar-refractivity contribution in [1.29, 1.82) is 0 Å². The fourth-order valence-corrected chi connectivity index (χ4v) is 4.74. The van der Waals surface area contributed by atoms with Gasteiger partial charge in [-0.15, -0.1) is 0 Å². The number of quaternary nitrogens is 2. The Labute approximate surface area is 162 Å². The number of methoxy groups -OCH3 is 1. The lowest BCUT2D eigenvalue weighted by atomic mass is 10.0. The third-order valence-electron chi connectivity index (χ3n) is 6.28. The van der Waals surface area contributed by atoms with Crippen molar-refractivity contribution in [3.05, 3.63) is 54.4 Å². The molecule has 2 aliphatic heterocycles. The summed E-state index contributed by atoms with van der Waals surface area (Å²) in [7, 11) is 1.77. The molecule has 0 atom stereocenters. The zero-order valence-corrected chi connectivity index (χ0v) is 16.4. The molecule has 27 heavy (non-hydrogen) atoms. The zero-order valence-electron chi connectivity index (χ0n) is 16.4. The number of piperazine rings is 1. The molecule has 0 saturated carbocycles. The predicted molar refractivity (Wildman–Crippen MR) is 108 cm³/mol. The lowest BCUT2D eigenvalue weighted by Crippen LogP contribution is -3.21. The van der Waals surface area contributed by atoms with E-state index in [2.05, 4.69) is 34.1 Å². The van der Waals surface area contributed by atoms with Crippen LogP contribution in [-0.4, -0.2) is 57.4 Å². The van der Waals surface area contributed by atoms with E-state index in [9.17, 15) is 0 Å². The number of benzene rings is 1. The Kier molecular flexibility index (Phi) is 5.90. The van der Waals surface area contributed by atoms with Crippen molar-refractivity contribution in [3.63, 3.8) is 0 Å². The molecule has 2 N–H and O–H groups in total. The van der Waals surface area contributed by atoms with Crippen molar-refractivity contribution in [2.45, 2.75) is 25.4 Å². The smallest absolute Gasteiger partial charge is 0.142 e. The van der Waals surface area contributed by atoms with Crippen molar-refractivity contribution in [2.75, 3.05) is 51.3 Å². The molecule has 1 aromatic heterocycles. The number of hydrogen-bond acceptors (Lipinski definition) is 3. The summed E-state index contributed by atoms with van der Waals surface area (Å²) in [5.41, 5.74) is 2.61. The van der Waals surface area contributed by atoms with Gasteiger partial charge in [0.05, 0.1) is 58.1 Å². The maximum absolute atomic E-state index is 5.55.